The Bertz CT molecular complexity index is 572. The van der Waals surface area contributed by atoms with Gasteiger partial charge in [0.15, 0.2) is 0 Å². The van der Waals surface area contributed by atoms with Crippen molar-refractivity contribution >= 4 is 0 Å². The summed E-state index contributed by atoms with van der Waals surface area (Å²) in [5.74, 6) is 1.01. The van der Waals surface area contributed by atoms with Gasteiger partial charge in [0, 0.05) is 12.0 Å². The summed E-state index contributed by atoms with van der Waals surface area (Å²) in [4.78, 5) is 6.17. The van der Waals surface area contributed by atoms with Crippen molar-refractivity contribution in [2.45, 2.75) is 65.5 Å². The van der Waals surface area contributed by atoms with E-state index < -0.39 is 0 Å². The van der Waals surface area contributed by atoms with Crippen molar-refractivity contribution < 1.29 is 0 Å². The molecule has 0 aliphatic rings. The van der Waals surface area contributed by atoms with Crippen molar-refractivity contribution in [1.82, 2.24) is 29.8 Å². The van der Waals surface area contributed by atoms with Crippen LogP contribution < -0.4 is 0 Å². The first-order valence-electron chi connectivity index (χ1n) is 6.98. The molecule has 0 spiro atoms. The molecule has 0 atom stereocenters. The molecule has 6 heteroatoms. The van der Waals surface area contributed by atoms with Gasteiger partial charge in [-0.15, -0.1) is 0 Å². The predicted octanol–water partition coefficient (Wildman–Crippen LogP) is 2.30. The van der Waals surface area contributed by atoms with Crippen molar-refractivity contribution in [2.24, 2.45) is 0 Å². The maximum atomic E-state index is 4.41. The molecule has 0 saturated heterocycles. The standard InChI is InChI=1S/C14H24N6/c1-11-9-16-20(18-11)14(5,6)7-8-19-12(13(2,3)4)15-10-17-19/h9-10H,7-8H2,1-6H3. The fourth-order valence-corrected chi connectivity index (χ4v) is 2.12. The first-order chi connectivity index (χ1) is 9.20. The second kappa shape index (κ2) is 5.00. The second-order valence-corrected chi connectivity index (χ2v) is 6.89. The molecule has 6 nitrogen and oxygen atoms in total. The summed E-state index contributed by atoms with van der Waals surface area (Å²) in [5.41, 5.74) is 0.797. The number of aromatic nitrogens is 6. The van der Waals surface area contributed by atoms with Crippen LogP contribution in [-0.4, -0.2) is 29.8 Å². The highest BCUT2D eigenvalue weighted by molar-refractivity contribution is 5.00. The largest absolute Gasteiger partial charge is 0.249 e. The lowest BCUT2D eigenvalue weighted by Gasteiger charge is -2.25. The molecule has 110 valence electrons. The van der Waals surface area contributed by atoms with Gasteiger partial charge in [0.1, 0.15) is 12.2 Å². The molecule has 0 unspecified atom stereocenters. The van der Waals surface area contributed by atoms with Crippen LogP contribution in [-0.2, 0) is 17.5 Å². The van der Waals surface area contributed by atoms with Crippen LogP contribution in [0.2, 0.25) is 0 Å². The Morgan fingerprint density at radius 1 is 1.10 bits per heavy atom. The summed E-state index contributed by atoms with van der Waals surface area (Å²) in [7, 11) is 0. The van der Waals surface area contributed by atoms with Gasteiger partial charge >= 0.3 is 0 Å². The number of hydrogen-bond acceptors (Lipinski definition) is 4. The summed E-state index contributed by atoms with van der Waals surface area (Å²) >= 11 is 0. The van der Waals surface area contributed by atoms with Gasteiger partial charge in [0.05, 0.1) is 17.4 Å². The Labute approximate surface area is 120 Å². The molecular formula is C14H24N6. The second-order valence-electron chi connectivity index (χ2n) is 6.89. The molecule has 0 aliphatic carbocycles. The van der Waals surface area contributed by atoms with Crippen LogP contribution >= 0.6 is 0 Å². The highest BCUT2D eigenvalue weighted by atomic mass is 15.5. The molecule has 2 aromatic rings. The van der Waals surface area contributed by atoms with Gasteiger partial charge in [-0.1, -0.05) is 20.8 Å². The van der Waals surface area contributed by atoms with Crippen LogP contribution in [0, 0.1) is 6.92 Å². The third kappa shape index (κ3) is 3.05. The van der Waals surface area contributed by atoms with E-state index in [1.807, 2.05) is 11.6 Å². The molecule has 2 aromatic heterocycles. The lowest BCUT2D eigenvalue weighted by molar-refractivity contribution is 0.240. The third-order valence-electron chi connectivity index (χ3n) is 3.37. The minimum atomic E-state index is -0.143. The molecule has 0 fully saturated rings. The van der Waals surface area contributed by atoms with E-state index in [1.165, 1.54) is 0 Å². The Morgan fingerprint density at radius 2 is 1.80 bits per heavy atom. The topological polar surface area (TPSA) is 61.4 Å². The van der Waals surface area contributed by atoms with Gasteiger partial charge < -0.3 is 0 Å². The van der Waals surface area contributed by atoms with E-state index >= 15 is 0 Å². The van der Waals surface area contributed by atoms with Gasteiger partial charge in [-0.05, 0) is 27.2 Å². The highest BCUT2D eigenvalue weighted by Crippen LogP contribution is 2.22. The van der Waals surface area contributed by atoms with Crippen molar-refractivity contribution in [1.29, 1.82) is 0 Å². The molecule has 0 saturated carbocycles. The Hall–Kier alpha value is -1.72. The van der Waals surface area contributed by atoms with Crippen LogP contribution in [0.4, 0.5) is 0 Å². The van der Waals surface area contributed by atoms with E-state index in [2.05, 4.69) is 54.9 Å². The number of nitrogens with zero attached hydrogens (tertiary/aromatic N) is 6. The molecule has 2 heterocycles. The molecular weight excluding hydrogens is 252 g/mol. The minimum absolute atomic E-state index is 0.00117. The van der Waals surface area contributed by atoms with Crippen LogP contribution in [0.3, 0.4) is 0 Å². The smallest absolute Gasteiger partial charge is 0.138 e. The third-order valence-corrected chi connectivity index (χ3v) is 3.37. The van der Waals surface area contributed by atoms with Crippen LogP contribution in [0.15, 0.2) is 12.5 Å². The molecule has 0 aliphatic heterocycles. The Kier molecular flexibility index (Phi) is 3.67. The fraction of sp³-hybridized carbons (Fsp3) is 0.714. The lowest BCUT2D eigenvalue weighted by atomic mass is 9.95. The van der Waals surface area contributed by atoms with Crippen LogP contribution in [0.25, 0.3) is 0 Å². The summed E-state index contributed by atoms with van der Waals surface area (Å²) in [5, 5.41) is 13.1. The minimum Gasteiger partial charge on any atom is -0.249 e. The zero-order valence-corrected chi connectivity index (χ0v) is 13.3. The van der Waals surface area contributed by atoms with E-state index in [9.17, 15) is 0 Å². The van der Waals surface area contributed by atoms with Gasteiger partial charge in [-0.25, -0.2) is 9.67 Å². The van der Waals surface area contributed by atoms with Gasteiger partial charge in [0.2, 0.25) is 0 Å². The molecule has 0 bridgehead atoms. The monoisotopic (exact) mass is 276 g/mol. The van der Waals surface area contributed by atoms with Crippen LogP contribution in [0.1, 0.15) is 52.6 Å². The molecule has 2 rings (SSSR count). The molecule has 0 aromatic carbocycles. The Balaban J connectivity index is 2.11. The number of aryl methyl sites for hydroxylation is 2. The first-order valence-corrected chi connectivity index (χ1v) is 6.98. The van der Waals surface area contributed by atoms with E-state index in [-0.39, 0.29) is 11.0 Å². The fourth-order valence-electron chi connectivity index (χ4n) is 2.12. The molecule has 0 amide bonds. The Morgan fingerprint density at radius 3 is 2.35 bits per heavy atom. The van der Waals surface area contributed by atoms with E-state index in [0.717, 1.165) is 24.5 Å². The average Bonchev–Trinajstić information content (AvgIpc) is 2.93. The summed E-state index contributed by atoms with van der Waals surface area (Å²) in [6, 6.07) is 0. The molecule has 20 heavy (non-hydrogen) atoms. The van der Waals surface area contributed by atoms with Gasteiger partial charge in [-0.2, -0.15) is 20.1 Å². The lowest BCUT2D eigenvalue weighted by Crippen LogP contribution is -2.31. The maximum Gasteiger partial charge on any atom is 0.138 e. The number of rotatable bonds is 4. The van der Waals surface area contributed by atoms with Crippen molar-refractivity contribution in [3.63, 3.8) is 0 Å². The van der Waals surface area contributed by atoms with E-state index in [0.29, 0.717) is 0 Å². The summed E-state index contributed by atoms with van der Waals surface area (Å²) in [6.45, 7) is 13.5. The van der Waals surface area contributed by atoms with Crippen LogP contribution in [0.5, 0.6) is 0 Å². The average molecular weight is 276 g/mol. The van der Waals surface area contributed by atoms with Crippen molar-refractivity contribution in [3.8, 4) is 0 Å². The number of hydrogen-bond donors (Lipinski definition) is 0. The van der Waals surface area contributed by atoms with Gasteiger partial charge in [-0.3, -0.25) is 0 Å². The summed E-state index contributed by atoms with van der Waals surface area (Å²) < 4.78 is 1.98. The molecule has 0 radical (unpaired) electrons. The van der Waals surface area contributed by atoms with E-state index in [4.69, 9.17) is 0 Å². The van der Waals surface area contributed by atoms with Crippen molar-refractivity contribution in [3.05, 3.63) is 24.0 Å². The highest BCUT2D eigenvalue weighted by Gasteiger charge is 2.25. The quantitative estimate of drug-likeness (QED) is 0.859. The SMILES string of the molecule is Cc1cnn(C(C)(C)CCn2ncnc2C(C)(C)C)n1. The van der Waals surface area contributed by atoms with Gasteiger partial charge in [0.25, 0.3) is 0 Å². The zero-order valence-electron chi connectivity index (χ0n) is 13.3. The first kappa shape index (κ1) is 14.7. The van der Waals surface area contributed by atoms with E-state index in [1.54, 1.807) is 17.3 Å². The predicted molar refractivity (Wildman–Crippen MR) is 77.4 cm³/mol. The molecule has 0 N–H and O–H groups in total. The zero-order chi connectivity index (χ0) is 15.0. The summed E-state index contributed by atoms with van der Waals surface area (Å²) in [6.07, 6.45) is 4.31. The maximum absolute atomic E-state index is 4.41. The normalized spacial score (nSPS) is 12.9. The van der Waals surface area contributed by atoms with Crippen molar-refractivity contribution in [2.75, 3.05) is 0 Å².